The van der Waals surface area contributed by atoms with Crippen LogP contribution in [0.4, 0.5) is 0 Å². The molecule has 0 fully saturated rings. The van der Waals surface area contributed by atoms with Gasteiger partial charge in [0, 0.05) is 10.4 Å². The summed E-state index contributed by atoms with van der Waals surface area (Å²) in [4.78, 5) is 33.3. The summed E-state index contributed by atoms with van der Waals surface area (Å²) in [6, 6.07) is 20.3. The van der Waals surface area contributed by atoms with Crippen molar-refractivity contribution >= 4 is 40.4 Å². The summed E-state index contributed by atoms with van der Waals surface area (Å²) in [6.07, 6.45) is 1.83. The van der Waals surface area contributed by atoms with Gasteiger partial charge in [-0.2, -0.15) is 0 Å². The standard InChI is InChI=1S/C27H22N2O4S2/c1-3-33-26(31)22-23(18-10-5-4-6-11-18)28-27-29(24(22)20-13-8-14-34-20)25(30)21(35-27)16-17-9-7-12-19(15-17)32-2/h4-16,24H,3H2,1-2H3/b21-16-/t24-/m1/s1. The summed E-state index contributed by atoms with van der Waals surface area (Å²) < 4.78 is 12.9. The molecule has 8 heteroatoms. The van der Waals surface area contributed by atoms with Crippen molar-refractivity contribution in [2.45, 2.75) is 13.0 Å². The molecule has 4 aromatic rings. The summed E-state index contributed by atoms with van der Waals surface area (Å²) in [6.45, 7) is 1.99. The molecule has 1 aliphatic heterocycles. The zero-order valence-electron chi connectivity index (χ0n) is 19.1. The van der Waals surface area contributed by atoms with Crippen molar-refractivity contribution in [3.05, 3.63) is 113 Å². The van der Waals surface area contributed by atoms with Crippen LogP contribution in [0.15, 0.2) is 87.5 Å². The number of thiophene rings is 1. The third-order valence-electron chi connectivity index (χ3n) is 5.58. The number of ether oxygens (including phenoxy) is 2. The maximum Gasteiger partial charge on any atom is 0.338 e. The molecular weight excluding hydrogens is 480 g/mol. The summed E-state index contributed by atoms with van der Waals surface area (Å²) in [5.74, 6) is 0.231. The quantitative estimate of drug-likeness (QED) is 0.374. The number of carbonyl (C=O) groups excluding carboxylic acids is 1. The first-order chi connectivity index (χ1) is 17.1. The summed E-state index contributed by atoms with van der Waals surface area (Å²) >= 11 is 2.79. The van der Waals surface area contributed by atoms with Gasteiger partial charge in [0.05, 0.1) is 29.5 Å². The highest BCUT2D eigenvalue weighted by Crippen LogP contribution is 2.36. The van der Waals surface area contributed by atoms with Crippen LogP contribution in [0, 0.1) is 0 Å². The van der Waals surface area contributed by atoms with E-state index in [-0.39, 0.29) is 12.2 Å². The first-order valence-corrected chi connectivity index (χ1v) is 12.8. The van der Waals surface area contributed by atoms with Crippen LogP contribution in [-0.2, 0) is 9.53 Å². The Kier molecular flexibility index (Phi) is 6.48. The van der Waals surface area contributed by atoms with Crippen molar-refractivity contribution in [1.82, 2.24) is 4.57 Å². The Hall–Kier alpha value is -3.75. The minimum absolute atomic E-state index is 0.205. The topological polar surface area (TPSA) is 69.9 Å². The SMILES string of the molecule is CCOC(=O)C1=C(c2ccccc2)N=c2s/c(=C\c3cccc(OC)c3)c(=O)n2[C@@H]1c1cccs1. The molecule has 2 aromatic carbocycles. The second-order valence-corrected chi connectivity index (χ2v) is 9.71. The summed E-state index contributed by atoms with van der Waals surface area (Å²) in [5, 5.41) is 1.94. The third kappa shape index (κ3) is 4.38. The molecular formula is C27H22N2O4S2. The lowest BCUT2D eigenvalue weighted by Crippen LogP contribution is -2.39. The lowest BCUT2D eigenvalue weighted by atomic mass is 9.97. The van der Waals surface area contributed by atoms with Crippen LogP contribution in [0.1, 0.15) is 29.0 Å². The molecule has 5 rings (SSSR count). The highest BCUT2D eigenvalue weighted by Gasteiger charge is 2.35. The van der Waals surface area contributed by atoms with Crippen molar-refractivity contribution < 1.29 is 14.3 Å². The maximum absolute atomic E-state index is 13.7. The minimum Gasteiger partial charge on any atom is -0.497 e. The predicted molar refractivity (Wildman–Crippen MR) is 138 cm³/mol. The normalized spacial score (nSPS) is 15.5. The largest absolute Gasteiger partial charge is 0.497 e. The Balaban J connectivity index is 1.80. The summed E-state index contributed by atoms with van der Waals surface area (Å²) in [5.41, 5.74) is 2.32. The van der Waals surface area contributed by atoms with Gasteiger partial charge < -0.3 is 9.47 Å². The van der Waals surface area contributed by atoms with E-state index in [1.54, 1.807) is 18.6 Å². The summed E-state index contributed by atoms with van der Waals surface area (Å²) in [7, 11) is 1.61. The van der Waals surface area contributed by atoms with Crippen LogP contribution in [0.25, 0.3) is 11.8 Å². The van der Waals surface area contributed by atoms with Crippen molar-refractivity contribution in [3.63, 3.8) is 0 Å². The maximum atomic E-state index is 13.7. The fraction of sp³-hybridized carbons (Fsp3) is 0.148. The average molecular weight is 503 g/mol. The molecule has 0 saturated carbocycles. The minimum atomic E-state index is -0.632. The Morgan fingerprint density at radius 3 is 2.66 bits per heavy atom. The molecule has 176 valence electrons. The number of rotatable bonds is 6. The highest BCUT2D eigenvalue weighted by molar-refractivity contribution is 7.10. The van der Waals surface area contributed by atoms with Crippen LogP contribution >= 0.6 is 22.7 Å². The van der Waals surface area contributed by atoms with E-state index in [4.69, 9.17) is 14.5 Å². The Labute approximate surface area is 209 Å². The van der Waals surface area contributed by atoms with E-state index in [1.165, 1.54) is 22.7 Å². The van der Waals surface area contributed by atoms with Gasteiger partial charge in [-0.15, -0.1) is 11.3 Å². The molecule has 0 radical (unpaired) electrons. The zero-order chi connectivity index (χ0) is 24.4. The second-order valence-electron chi connectivity index (χ2n) is 7.72. The molecule has 0 saturated heterocycles. The second kappa shape index (κ2) is 9.85. The van der Waals surface area contributed by atoms with Gasteiger partial charge in [-0.25, -0.2) is 9.79 Å². The number of thiazole rings is 1. The van der Waals surface area contributed by atoms with E-state index in [0.717, 1.165) is 16.0 Å². The van der Waals surface area contributed by atoms with Crippen molar-refractivity contribution in [1.29, 1.82) is 0 Å². The van der Waals surface area contributed by atoms with E-state index >= 15 is 0 Å². The molecule has 0 spiro atoms. The molecule has 0 amide bonds. The van der Waals surface area contributed by atoms with Crippen LogP contribution in [0.3, 0.4) is 0 Å². The number of esters is 1. The number of carbonyl (C=O) groups is 1. The average Bonchev–Trinajstić information content (AvgIpc) is 3.52. The van der Waals surface area contributed by atoms with Gasteiger partial charge in [0.15, 0.2) is 4.80 Å². The molecule has 0 bridgehead atoms. The molecule has 1 aliphatic rings. The van der Waals surface area contributed by atoms with Crippen molar-refractivity contribution in [2.75, 3.05) is 13.7 Å². The molecule has 1 atom stereocenters. The molecule has 2 aromatic heterocycles. The smallest absolute Gasteiger partial charge is 0.338 e. The number of fused-ring (bicyclic) bond motifs is 1. The Morgan fingerprint density at radius 1 is 1.11 bits per heavy atom. The van der Waals surface area contributed by atoms with Gasteiger partial charge in [0.2, 0.25) is 0 Å². The third-order valence-corrected chi connectivity index (χ3v) is 7.49. The molecule has 6 nitrogen and oxygen atoms in total. The first-order valence-electron chi connectivity index (χ1n) is 11.1. The van der Waals surface area contributed by atoms with E-state index in [1.807, 2.05) is 78.2 Å². The van der Waals surface area contributed by atoms with Gasteiger partial charge in [-0.3, -0.25) is 9.36 Å². The van der Waals surface area contributed by atoms with Gasteiger partial charge >= 0.3 is 5.97 Å². The molecule has 0 aliphatic carbocycles. The predicted octanol–water partition coefficient (Wildman–Crippen LogP) is 4.01. The van der Waals surface area contributed by atoms with Gasteiger partial charge in [0.1, 0.15) is 11.8 Å². The fourth-order valence-corrected chi connectivity index (χ4v) is 5.86. The van der Waals surface area contributed by atoms with Crippen LogP contribution in [0.2, 0.25) is 0 Å². The monoisotopic (exact) mass is 502 g/mol. The molecule has 0 N–H and O–H groups in total. The molecule has 35 heavy (non-hydrogen) atoms. The van der Waals surface area contributed by atoms with E-state index in [9.17, 15) is 9.59 Å². The first kappa shape index (κ1) is 23.0. The van der Waals surface area contributed by atoms with Crippen LogP contribution < -0.4 is 19.6 Å². The number of nitrogens with zero attached hydrogens (tertiary/aromatic N) is 2. The lowest BCUT2D eigenvalue weighted by molar-refractivity contribution is -0.138. The highest BCUT2D eigenvalue weighted by atomic mass is 32.1. The van der Waals surface area contributed by atoms with Gasteiger partial charge in [0.25, 0.3) is 5.56 Å². The zero-order valence-corrected chi connectivity index (χ0v) is 20.8. The van der Waals surface area contributed by atoms with E-state index in [2.05, 4.69) is 0 Å². The van der Waals surface area contributed by atoms with E-state index in [0.29, 0.717) is 26.4 Å². The fourth-order valence-electron chi connectivity index (χ4n) is 4.04. The number of hydrogen-bond donors (Lipinski definition) is 0. The number of aromatic nitrogens is 1. The Bertz CT molecular complexity index is 1580. The molecule has 0 unspecified atom stereocenters. The number of hydrogen-bond acceptors (Lipinski definition) is 7. The number of methoxy groups -OCH3 is 1. The lowest BCUT2D eigenvalue weighted by Gasteiger charge is -2.24. The van der Waals surface area contributed by atoms with E-state index < -0.39 is 12.0 Å². The van der Waals surface area contributed by atoms with Crippen molar-refractivity contribution in [2.24, 2.45) is 4.99 Å². The van der Waals surface area contributed by atoms with Gasteiger partial charge in [-0.1, -0.05) is 59.9 Å². The van der Waals surface area contributed by atoms with Crippen LogP contribution in [-0.4, -0.2) is 24.3 Å². The van der Waals surface area contributed by atoms with Crippen LogP contribution in [0.5, 0.6) is 5.75 Å². The Morgan fingerprint density at radius 2 is 1.94 bits per heavy atom. The molecule has 3 heterocycles. The number of benzene rings is 2. The van der Waals surface area contributed by atoms with Crippen molar-refractivity contribution in [3.8, 4) is 5.75 Å². The van der Waals surface area contributed by atoms with Gasteiger partial charge in [-0.05, 0) is 42.1 Å².